The maximum Gasteiger partial charge on any atom is 0.221 e. The van der Waals surface area contributed by atoms with Crippen LogP contribution in [0.3, 0.4) is 0 Å². The summed E-state index contributed by atoms with van der Waals surface area (Å²) in [5, 5.41) is 0.834. The number of halogens is 2. The number of rotatable bonds is 3. The highest BCUT2D eigenvalue weighted by Crippen LogP contribution is 2.49. The second-order valence-corrected chi connectivity index (χ2v) is 8.72. The Balaban J connectivity index is 2.21. The van der Waals surface area contributed by atoms with Crippen LogP contribution >= 0.6 is 23.2 Å². The molecular formula is C20H22Cl2N2O2. The number of allylic oxidation sites excluding steroid dienone is 1. The molecule has 0 radical (unpaired) electrons. The molecule has 1 aliphatic heterocycles. The van der Waals surface area contributed by atoms with Gasteiger partial charge in [0.05, 0.1) is 22.4 Å². The number of carbonyl (C=O) groups is 2. The molecule has 1 aliphatic carbocycles. The Bertz CT molecular complexity index is 855. The summed E-state index contributed by atoms with van der Waals surface area (Å²) in [5.41, 5.74) is 8.45. The fourth-order valence-electron chi connectivity index (χ4n) is 4.18. The number of ketones is 1. The van der Waals surface area contributed by atoms with Gasteiger partial charge in [0.25, 0.3) is 0 Å². The molecule has 138 valence electrons. The van der Waals surface area contributed by atoms with Gasteiger partial charge in [0.15, 0.2) is 0 Å². The van der Waals surface area contributed by atoms with Crippen molar-refractivity contribution in [2.45, 2.75) is 46.0 Å². The second kappa shape index (κ2) is 6.82. The van der Waals surface area contributed by atoms with Crippen molar-refractivity contribution in [2.24, 2.45) is 22.1 Å². The molecule has 2 N–H and O–H groups in total. The number of primary amides is 1. The Morgan fingerprint density at radius 1 is 1.27 bits per heavy atom. The molecule has 4 nitrogen and oxygen atoms in total. The van der Waals surface area contributed by atoms with E-state index in [1.54, 1.807) is 6.07 Å². The van der Waals surface area contributed by atoms with Crippen molar-refractivity contribution < 1.29 is 9.59 Å². The van der Waals surface area contributed by atoms with Crippen molar-refractivity contribution in [3.05, 3.63) is 45.1 Å². The maximum atomic E-state index is 13.1. The van der Waals surface area contributed by atoms with Crippen molar-refractivity contribution in [1.29, 1.82) is 0 Å². The van der Waals surface area contributed by atoms with Gasteiger partial charge in [-0.25, -0.2) is 0 Å². The summed E-state index contributed by atoms with van der Waals surface area (Å²) in [6.45, 7) is 6.00. The molecule has 2 atom stereocenters. The van der Waals surface area contributed by atoms with E-state index in [1.165, 1.54) is 0 Å². The molecule has 2 aliphatic rings. The van der Waals surface area contributed by atoms with Gasteiger partial charge in [-0.15, -0.1) is 0 Å². The van der Waals surface area contributed by atoms with E-state index in [0.29, 0.717) is 16.5 Å². The fourth-order valence-corrected chi connectivity index (χ4v) is 4.61. The van der Waals surface area contributed by atoms with Crippen molar-refractivity contribution in [2.75, 3.05) is 0 Å². The van der Waals surface area contributed by atoms with Gasteiger partial charge in [0.1, 0.15) is 5.78 Å². The molecule has 1 aromatic rings. The predicted molar refractivity (Wildman–Crippen MR) is 105 cm³/mol. The highest BCUT2D eigenvalue weighted by atomic mass is 35.5. The molecule has 6 heteroatoms. The number of nitrogens with two attached hydrogens (primary N) is 1. The minimum Gasteiger partial charge on any atom is -0.369 e. The molecule has 26 heavy (non-hydrogen) atoms. The number of benzene rings is 1. The lowest BCUT2D eigenvalue weighted by atomic mass is 9.63. The normalized spacial score (nSPS) is 25.0. The van der Waals surface area contributed by atoms with Crippen LogP contribution in [0.25, 0.3) is 0 Å². The monoisotopic (exact) mass is 392 g/mol. The number of Topliss-reactive ketones (excluding diaryl/α,β-unsaturated/α-hetero) is 1. The first-order chi connectivity index (χ1) is 12.1. The van der Waals surface area contributed by atoms with Crippen LogP contribution in [0.15, 0.2) is 34.5 Å². The third-order valence-corrected chi connectivity index (χ3v) is 6.02. The third-order valence-electron chi connectivity index (χ3n) is 5.18. The van der Waals surface area contributed by atoms with Gasteiger partial charge in [0, 0.05) is 23.7 Å². The zero-order valence-electron chi connectivity index (χ0n) is 15.1. The summed E-state index contributed by atoms with van der Waals surface area (Å²) in [6.07, 6.45) is 1.25. The third kappa shape index (κ3) is 3.45. The topological polar surface area (TPSA) is 72.5 Å². The van der Waals surface area contributed by atoms with Crippen LogP contribution < -0.4 is 5.73 Å². The van der Waals surface area contributed by atoms with Gasteiger partial charge in [-0.1, -0.05) is 49.2 Å². The van der Waals surface area contributed by atoms with Gasteiger partial charge in [-0.2, -0.15) is 0 Å². The number of amides is 1. The summed E-state index contributed by atoms with van der Waals surface area (Å²) < 4.78 is 0. The average molecular weight is 393 g/mol. The number of hydrogen-bond acceptors (Lipinski definition) is 3. The van der Waals surface area contributed by atoms with Crippen molar-refractivity contribution in [1.82, 2.24) is 0 Å². The van der Waals surface area contributed by atoms with Crippen LogP contribution in [0.5, 0.6) is 0 Å². The molecule has 1 amide bonds. The van der Waals surface area contributed by atoms with Crippen LogP contribution in [0.2, 0.25) is 10.0 Å². The molecule has 1 heterocycles. The zero-order chi connectivity index (χ0) is 19.2. The van der Waals surface area contributed by atoms with E-state index in [9.17, 15) is 9.59 Å². The van der Waals surface area contributed by atoms with E-state index in [0.717, 1.165) is 29.0 Å². The number of hydrogen-bond donors (Lipinski definition) is 1. The fraction of sp³-hybridized carbons (Fsp3) is 0.450. The summed E-state index contributed by atoms with van der Waals surface area (Å²) in [7, 11) is 0. The van der Waals surface area contributed by atoms with Gasteiger partial charge in [0.2, 0.25) is 5.91 Å². The molecule has 3 rings (SSSR count). The minimum absolute atomic E-state index is 0.0449. The highest BCUT2D eigenvalue weighted by molar-refractivity contribution is 6.42. The zero-order valence-corrected chi connectivity index (χ0v) is 16.6. The van der Waals surface area contributed by atoms with Crippen LogP contribution in [0, 0.1) is 11.3 Å². The molecule has 0 bridgehead atoms. The Hall–Kier alpha value is -1.65. The van der Waals surface area contributed by atoms with Crippen molar-refractivity contribution >= 4 is 40.6 Å². The van der Waals surface area contributed by atoms with Gasteiger partial charge >= 0.3 is 0 Å². The molecule has 1 aromatic carbocycles. The Kier molecular flexibility index (Phi) is 5.02. The van der Waals surface area contributed by atoms with E-state index < -0.39 is 11.8 Å². The van der Waals surface area contributed by atoms with Gasteiger partial charge in [-0.05, 0) is 36.0 Å². The van der Waals surface area contributed by atoms with Crippen LogP contribution in [0.1, 0.15) is 51.5 Å². The van der Waals surface area contributed by atoms with E-state index in [4.69, 9.17) is 33.9 Å². The van der Waals surface area contributed by atoms with Crippen LogP contribution in [0.4, 0.5) is 0 Å². The average Bonchev–Trinajstić information content (AvgIpc) is 2.50. The molecule has 0 aromatic heterocycles. The number of aliphatic imine (C=N–C) groups is 1. The lowest BCUT2D eigenvalue weighted by molar-refractivity contribution is -0.124. The standard InChI is InChI=1S/C20H22Cl2N2O2/c1-10-12(7-16(23)26)17(11-5-4-6-13(21)19(11)22)18-14(24-10)8-20(2,3)9-15(18)25/h4-6,17-18H,7-9H2,1-3H3,(H2,23,26). The Morgan fingerprint density at radius 2 is 1.96 bits per heavy atom. The molecule has 0 spiro atoms. The first-order valence-electron chi connectivity index (χ1n) is 8.63. The van der Waals surface area contributed by atoms with Crippen molar-refractivity contribution in [3.8, 4) is 0 Å². The van der Waals surface area contributed by atoms with E-state index in [1.807, 2.05) is 19.1 Å². The summed E-state index contributed by atoms with van der Waals surface area (Å²) in [6, 6.07) is 5.38. The van der Waals surface area contributed by atoms with Crippen molar-refractivity contribution in [3.63, 3.8) is 0 Å². The van der Waals surface area contributed by atoms with Gasteiger partial charge < -0.3 is 5.73 Å². The smallest absolute Gasteiger partial charge is 0.221 e. The maximum absolute atomic E-state index is 13.1. The number of nitrogens with zero attached hydrogens (tertiary/aromatic N) is 1. The van der Waals surface area contributed by atoms with E-state index in [-0.39, 0.29) is 23.5 Å². The van der Waals surface area contributed by atoms with Gasteiger partial charge in [-0.3, -0.25) is 14.6 Å². The summed E-state index contributed by atoms with van der Waals surface area (Å²) >= 11 is 12.7. The highest BCUT2D eigenvalue weighted by Gasteiger charge is 2.46. The Labute approximate surface area is 163 Å². The molecule has 1 saturated carbocycles. The molecule has 1 fully saturated rings. The number of fused-ring (bicyclic) bond motifs is 1. The van der Waals surface area contributed by atoms with E-state index in [2.05, 4.69) is 13.8 Å². The lowest BCUT2D eigenvalue weighted by Crippen LogP contribution is -2.43. The van der Waals surface area contributed by atoms with Crippen LogP contribution in [-0.2, 0) is 9.59 Å². The van der Waals surface area contributed by atoms with Crippen LogP contribution in [-0.4, -0.2) is 17.4 Å². The molecule has 2 unspecified atom stereocenters. The second-order valence-electron chi connectivity index (χ2n) is 7.94. The van der Waals surface area contributed by atoms with E-state index >= 15 is 0 Å². The minimum atomic E-state index is -0.454. The largest absolute Gasteiger partial charge is 0.369 e. The summed E-state index contributed by atoms with van der Waals surface area (Å²) in [4.78, 5) is 29.5. The predicted octanol–water partition coefficient (Wildman–Crippen LogP) is 4.69. The lowest BCUT2D eigenvalue weighted by Gasteiger charge is -2.41. The molecular weight excluding hydrogens is 371 g/mol. The quantitative estimate of drug-likeness (QED) is 0.810. The Morgan fingerprint density at radius 3 is 2.62 bits per heavy atom. The number of carbonyl (C=O) groups excluding carboxylic acids is 2. The first-order valence-corrected chi connectivity index (χ1v) is 9.38. The molecule has 0 saturated heterocycles. The summed E-state index contributed by atoms with van der Waals surface area (Å²) in [5.74, 6) is -1.11. The first kappa shape index (κ1) is 19.1. The SMILES string of the molecule is CC1=C(CC(N)=O)C(c2cccc(Cl)c2Cl)C2C(=O)CC(C)(C)CC2=N1.